The van der Waals surface area contributed by atoms with Crippen LogP contribution >= 0.6 is 0 Å². The van der Waals surface area contributed by atoms with Crippen molar-refractivity contribution in [2.45, 2.75) is 34.6 Å². The maximum atomic E-state index is 12.6. The largest absolute Gasteiger partial charge is 0.368 e. The van der Waals surface area contributed by atoms with Gasteiger partial charge in [-0.15, -0.1) is 0 Å². The second kappa shape index (κ2) is 11.9. The number of rotatable bonds is 12. The molecule has 0 saturated carbocycles. The number of pyridine rings is 1. The summed E-state index contributed by atoms with van der Waals surface area (Å²) in [5, 5.41) is 0. The second-order valence-corrected chi connectivity index (χ2v) is 8.21. The van der Waals surface area contributed by atoms with E-state index in [1.165, 1.54) is 0 Å². The Labute approximate surface area is 198 Å². The average molecular weight is 451 g/mol. The van der Waals surface area contributed by atoms with Crippen LogP contribution in [0, 0.1) is 0 Å². The lowest BCUT2D eigenvalue weighted by Crippen LogP contribution is -2.40. The number of fused-ring (bicyclic) bond motifs is 1. The molecule has 178 valence electrons. The summed E-state index contributed by atoms with van der Waals surface area (Å²) in [4.78, 5) is 29.1. The molecule has 0 atom stereocenters. The first-order chi connectivity index (χ1) is 16.0. The van der Waals surface area contributed by atoms with Gasteiger partial charge in [0, 0.05) is 50.6 Å². The summed E-state index contributed by atoms with van der Waals surface area (Å²) in [6.07, 6.45) is 3.43. The van der Waals surface area contributed by atoms with Crippen LogP contribution in [0.25, 0.3) is 22.4 Å². The van der Waals surface area contributed by atoms with E-state index in [0.29, 0.717) is 5.82 Å². The fraction of sp³-hybridized carbons (Fsp3) is 0.500. The predicted octanol–water partition coefficient (Wildman–Crippen LogP) is 4.25. The summed E-state index contributed by atoms with van der Waals surface area (Å²) in [7, 11) is 0. The van der Waals surface area contributed by atoms with Gasteiger partial charge in [0.15, 0.2) is 0 Å². The van der Waals surface area contributed by atoms with E-state index >= 15 is 0 Å². The van der Waals surface area contributed by atoms with Gasteiger partial charge in [-0.25, -0.2) is 4.98 Å². The van der Waals surface area contributed by atoms with Crippen molar-refractivity contribution >= 4 is 22.6 Å². The number of hydrogen-bond donors (Lipinski definition) is 0. The Morgan fingerprint density at radius 1 is 0.879 bits per heavy atom. The SMILES string of the molecule is CCN(CC)CCN(CCN(CC)CC)c1ccccc1-c1nc2ccncc2n1C(C)=O. The third kappa shape index (κ3) is 5.78. The van der Waals surface area contributed by atoms with E-state index in [4.69, 9.17) is 4.98 Å². The smallest absolute Gasteiger partial charge is 0.229 e. The molecule has 0 bridgehead atoms. The lowest BCUT2D eigenvalue weighted by atomic mass is 10.1. The summed E-state index contributed by atoms with van der Waals surface area (Å²) in [6, 6.07) is 10.2. The first kappa shape index (κ1) is 24.9. The zero-order chi connectivity index (χ0) is 23.8. The molecule has 3 aromatic rings. The number of carbonyl (C=O) groups is 1. The fourth-order valence-corrected chi connectivity index (χ4v) is 4.32. The highest BCUT2D eigenvalue weighted by Gasteiger charge is 2.21. The van der Waals surface area contributed by atoms with Crippen molar-refractivity contribution < 1.29 is 4.79 Å². The van der Waals surface area contributed by atoms with E-state index in [0.717, 1.165) is 74.6 Å². The molecule has 0 spiro atoms. The minimum Gasteiger partial charge on any atom is -0.368 e. The molecule has 0 N–H and O–H groups in total. The molecular weight excluding hydrogens is 412 g/mol. The van der Waals surface area contributed by atoms with Crippen molar-refractivity contribution in [1.29, 1.82) is 0 Å². The molecule has 3 rings (SSSR count). The molecular formula is C26H38N6O. The Balaban J connectivity index is 2.05. The van der Waals surface area contributed by atoms with Crippen molar-refractivity contribution in [3.05, 3.63) is 42.7 Å². The molecule has 2 aromatic heterocycles. The van der Waals surface area contributed by atoms with E-state index in [1.54, 1.807) is 23.9 Å². The van der Waals surface area contributed by atoms with Crippen molar-refractivity contribution in [3.63, 3.8) is 0 Å². The zero-order valence-electron chi connectivity index (χ0n) is 20.8. The maximum Gasteiger partial charge on any atom is 0.229 e. The minimum absolute atomic E-state index is 0.0619. The third-order valence-corrected chi connectivity index (χ3v) is 6.42. The molecule has 2 heterocycles. The van der Waals surface area contributed by atoms with E-state index in [1.807, 2.05) is 12.1 Å². The van der Waals surface area contributed by atoms with E-state index in [9.17, 15) is 4.79 Å². The topological polar surface area (TPSA) is 57.5 Å². The summed E-state index contributed by atoms with van der Waals surface area (Å²) in [5.41, 5.74) is 3.61. The van der Waals surface area contributed by atoms with E-state index in [-0.39, 0.29) is 5.91 Å². The van der Waals surface area contributed by atoms with Gasteiger partial charge < -0.3 is 14.7 Å². The first-order valence-electron chi connectivity index (χ1n) is 12.2. The van der Waals surface area contributed by atoms with Gasteiger partial charge in [0.1, 0.15) is 5.82 Å². The van der Waals surface area contributed by atoms with Crippen LogP contribution in [0.15, 0.2) is 42.7 Å². The number of hydrogen-bond acceptors (Lipinski definition) is 6. The third-order valence-electron chi connectivity index (χ3n) is 6.42. The lowest BCUT2D eigenvalue weighted by molar-refractivity contribution is 0.0943. The number of aromatic nitrogens is 3. The van der Waals surface area contributed by atoms with Crippen LogP contribution in [0.3, 0.4) is 0 Å². The highest BCUT2D eigenvalue weighted by Crippen LogP contribution is 2.32. The standard InChI is InChI=1S/C26H38N6O/c1-6-29(7-2)16-18-31(19-17-30(8-3)9-4)24-13-11-10-12-22(24)26-28-23-14-15-27-20-25(23)32(26)21(5)33/h10-15,20H,6-9,16-19H2,1-5H3. The second-order valence-electron chi connectivity index (χ2n) is 8.21. The predicted molar refractivity (Wildman–Crippen MR) is 137 cm³/mol. The maximum absolute atomic E-state index is 12.6. The molecule has 1 aromatic carbocycles. The summed E-state index contributed by atoms with van der Waals surface area (Å²) in [6.45, 7) is 18.4. The monoisotopic (exact) mass is 450 g/mol. The molecule has 0 radical (unpaired) electrons. The number of para-hydroxylation sites is 1. The molecule has 0 aliphatic carbocycles. The van der Waals surface area contributed by atoms with Crippen LogP contribution in [0.4, 0.5) is 5.69 Å². The summed E-state index contributed by atoms with van der Waals surface area (Å²) >= 11 is 0. The number of benzene rings is 1. The van der Waals surface area contributed by atoms with Crippen molar-refractivity contribution in [3.8, 4) is 11.4 Å². The van der Waals surface area contributed by atoms with Crippen LogP contribution in [0.5, 0.6) is 0 Å². The Kier molecular flexibility index (Phi) is 8.97. The van der Waals surface area contributed by atoms with Crippen LogP contribution in [0.1, 0.15) is 39.4 Å². The Bertz CT molecular complexity index is 1020. The minimum atomic E-state index is -0.0619. The normalized spacial score (nSPS) is 11.6. The molecule has 0 fully saturated rings. The molecule has 0 aliphatic heterocycles. The molecule has 7 heteroatoms. The van der Waals surface area contributed by atoms with Gasteiger partial charge in [-0.2, -0.15) is 0 Å². The molecule has 0 aliphatic rings. The van der Waals surface area contributed by atoms with E-state index in [2.05, 4.69) is 65.6 Å². The van der Waals surface area contributed by atoms with E-state index < -0.39 is 0 Å². The van der Waals surface area contributed by atoms with Gasteiger partial charge in [-0.05, 0) is 44.4 Å². The number of anilines is 1. The Morgan fingerprint density at radius 3 is 2.06 bits per heavy atom. The molecule has 33 heavy (non-hydrogen) atoms. The van der Waals surface area contributed by atoms with Gasteiger partial charge in [0.2, 0.25) is 5.91 Å². The lowest BCUT2D eigenvalue weighted by Gasteiger charge is -2.31. The number of nitrogens with zero attached hydrogens (tertiary/aromatic N) is 6. The number of likely N-dealkylation sites (N-methyl/N-ethyl adjacent to an activating group) is 2. The van der Waals surface area contributed by atoms with Crippen molar-refractivity contribution in [1.82, 2.24) is 24.3 Å². The fourth-order valence-electron chi connectivity index (χ4n) is 4.32. The highest BCUT2D eigenvalue weighted by atomic mass is 16.1. The van der Waals surface area contributed by atoms with Crippen LogP contribution in [-0.4, -0.2) is 82.6 Å². The Hall–Kier alpha value is -2.77. The van der Waals surface area contributed by atoms with Gasteiger partial charge in [-0.3, -0.25) is 14.3 Å². The van der Waals surface area contributed by atoms with Gasteiger partial charge in [0.25, 0.3) is 0 Å². The summed E-state index contributed by atoms with van der Waals surface area (Å²) in [5.74, 6) is 0.616. The van der Waals surface area contributed by atoms with Crippen LogP contribution in [0.2, 0.25) is 0 Å². The zero-order valence-corrected chi connectivity index (χ0v) is 20.8. The van der Waals surface area contributed by atoms with Crippen molar-refractivity contribution in [2.24, 2.45) is 0 Å². The molecule has 0 unspecified atom stereocenters. The first-order valence-corrected chi connectivity index (χ1v) is 12.2. The Morgan fingerprint density at radius 2 is 1.48 bits per heavy atom. The average Bonchev–Trinajstić information content (AvgIpc) is 3.23. The van der Waals surface area contributed by atoms with Gasteiger partial charge in [0.05, 0.1) is 17.2 Å². The number of carbonyl (C=O) groups excluding carboxylic acids is 1. The highest BCUT2D eigenvalue weighted by molar-refractivity contribution is 5.95. The quantitative estimate of drug-likeness (QED) is 0.411. The van der Waals surface area contributed by atoms with Crippen molar-refractivity contribution in [2.75, 3.05) is 57.3 Å². The summed E-state index contributed by atoms with van der Waals surface area (Å²) < 4.78 is 1.69. The van der Waals surface area contributed by atoms with Crippen LogP contribution in [-0.2, 0) is 0 Å². The van der Waals surface area contributed by atoms with Crippen LogP contribution < -0.4 is 4.90 Å². The van der Waals surface area contributed by atoms with Gasteiger partial charge >= 0.3 is 0 Å². The van der Waals surface area contributed by atoms with Gasteiger partial charge in [-0.1, -0.05) is 39.8 Å². The molecule has 0 saturated heterocycles. The number of imidazole rings is 1. The molecule has 0 amide bonds. The molecule has 7 nitrogen and oxygen atoms in total.